The van der Waals surface area contributed by atoms with Crippen molar-refractivity contribution in [1.82, 2.24) is 5.32 Å². The number of hydrogen-bond acceptors (Lipinski definition) is 4. The van der Waals surface area contributed by atoms with Gasteiger partial charge in [-0.2, -0.15) is 13.2 Å². The Morgan fingerprint density at radius 1 is 1.08 bits per heavy atom. The minimum absolute atomic E-state index is 0.0444. The van der Waals surface area contributed by atoms with Gasteiger partial charge in [0.2, 0.25) is 0 Å². The van der Waals surface area contributed by atoms with E-state index in [1.807, 2.05) is 0 Å². The molecule has 0 fully saturated rings. The number of benzene rings is 2. The molecule has 0 unspecified atom stereocenters. The highest BCUT2D eigenvalue weighted by molar-refractivity contribution is 8.13. The highest BCUT2D eigenvalue weighted by Gasteiger charge is 2.33. The van der Waals surface area contributed by atoms with Crippen LogP contribution in [-0.4, -0.2) is 17.3 Å². The number of halogens is 5. The number of hydrogen-bond donors (Lipinski definition) is 2. The molecule has 0 bridgehead atoms. The molecule has 1 amide bonds. The Hall–Kier alpha value is -1.90. The standard InChI is InChI=1S/C16H12Cl2F3N3OS/c1-26-15(22-14(25)13-10(17)6-4-7-11(13)18)24-23-12-8-3-2-5-9(12)16(19,20)21/h2-8,23H,1H3,(H,22,24,25). The Morgan fingerprint density at radius 3 is 2.27 bits per heavy atom. The third-order valence-corrected chi connectivity index (χ3v) is 4.32. The number of carbonyl (C=O) groups is 1. The Balaban J connectivity index is 2.21. The second kappa shape index (κ2) is 8.66. The summed E-state index contributed by atoms with van der Waals surface area (Å²) in [6.45, 7) is 0. The number of anilines is 1. The largest absolute Gasteiger partial charge is 0.418 e. The van der Waals surface area contributed by atoms with Crippen molar-refractivity contribution in [1.29, 1.82) is 0 Å². The second-order valence-electron chi connectivity index (χ2n) is 4.83. The quantitative estimate of drug-likeness (QED) is 0.391. The molecule has 0 aromatic heterocycles. The van der Waals surface area contributed by atoms with Gasteiger partial charge in [-0.05, 0) is 30.5 Å². The van der Waals surface area contributed by atoms with Crippen molar-refractivity contribution >= 4 is 51.7 Å². The lowest BCUT2D eigenvalue weighted by Crippen LogP contribution is -2.29. The molecule has 0 radical (unpaired) electrons. The molecule has 2 aromatic carbocycles. The molecule has 2 aromatic rings. The highest BCUT2D eigenvalue weighted by Crippen LogP contribution is 2.34. The van der Waals surface area contributed by atoms with Gasteiger partial charge < -0.3 is 0 Å². The van der Waals surface area contributed by atoms with Crippen LogP contribution in [0.5, 0.6) is 0 Å². The molecule has 0 atom stereocenters. The van der Waals surface area contributed by atoms with E-state index in [-0.39, 0.29) is 26.5 Å². The number of nitrogens with zero attached hydrogens (tertiary/aromatic N) is 1. The third kappa shape index (κ3) is 5.06. The molecule has 0 aliphatic rings. The Bertz CT molecular complexity index is 823. The number of carbonyl (C=O) groups excluding carboxylic acids is 1. The van der Waals surface area contributed by atoms with Gasteiger partial charge in [-0.25, -0.2) is 0 Å². The summed E-state index contributed by atoms with van der Waals surface area (Å²) >= 11 is 13.0. The lowest BCUT2D eigenvalue weighted by molar-refractivity contribution is -0.136. The molecule has 2 N–H and O–H groups in total. The van der Waals surface area contributed by atoms with Crippen molar-refractivity contribution in [3.05, 3.63) is 63.6 Å². The number of para-hydroxylation sites is 1. The Kier molecular flexibility index (Phi) is 6.80. The Morgan fingerprint density at radius 2 is 1.69 bits per heavy atom. The molecule has 0 aliphatic heterocycles. The van der Waals surface area contributed by atoms with Crippen molar-refractivity contribution in [3.63, 3.8) is 0 Å². The number of nitrogens with one attached hydrogen (secondary N) is 2. The number of amides is 1. The lowest BCUT2D eigenvalue weighted by atomic mass is 10.2. The van der Waals surface area contributed by atoms with E-state index in [0.29, 0.717) is 0 Å². The summed E-state index contributed by atoms with van der Waals surface area (Å²) in [4.78, 5) is 12.3. The van der Waals surface area contributed by atoms with Gasteiger partial charge in [0.1, 0.15) is 0 Å². The van der Waals surface area contributed by atoms with Crippen LogP contribution in [0.4, 0.5) is 18.9 Å². The maximum Gasteiger partial charge on any atom is 0.418 e. The normalized spacial score (nSPS) is 12.0. The summed E-state index contributed by atoms with van der Waals surface area (Å²) in [7, 11) is 0. The highest BCUT2D eigenvalue weighted by atomic mass is 35.5. The van der Waals surface area contributed by atoms with Crippen LogP contribution in [0, 0.1) is 0 Å². The Labute approximate surface area is 161 Å². The van der Waals surface area contributed by atoms with Gasteiger partial charge in [-0.15, -0.1) is 5.10 Å². The number of amidine groups is 1. The van der Waals surface area contributed by atoms with Gasteiger partial charge in [-0.1, -0.05) is 53.2 Å². The van der Waals surface area contributed by atoms with Crippen LogP contribution in [0.15, 0.2) is 47.6 Å². The fourth-order valence-electron chi connectivity index (χ4n) is 1.94. The van der Waals surface area contributed by atoms with E-state index in [1.54, 1.807) is 12.3 Å². The van der Waals surface area contributed by atoms with Crippen LogP contribution in [0.25, 0.3) is 0 Å². The molecule has 4 nitrogen and oxygen atoms in total. The molecular weight excluding hydrogens is 410 g/mol. The summed E-state index contributed by atoms with van der Waals surface area (Å²) in [6.07, 6.45) is -2.93. The zero-order valence-corrected chi connectivity index (χ0v) is 15.5. The predicted molar refractivity (Wildman–Crippen MR) is 99.9 cm³/mol. The molecular formula is C16H12Cl2F3N3OS. The first-order valence-corrected chi connectivity index (χ1v) is 9.01. The van der Waals surface area contributed by atoms with Crippen LogP contribution < -0.4 is 10.7 Å². The first-order valence-electron chi connectivity index (χ1n) is 7.03. The number of rotatable bonds is 3. The second-order valence-corrected chi connectivity index (χ2v) is 6.44. The van der Waals surface area contributed by atoms with Crippen molar-refractivity contribution in [2.24, 2.45) is 5.10 Å². The van der Waals surface area contributed by atoms with Gasteiger partial charge in [0.05, 0.1) is 26.9 Å². The van der Waals surface area contributed by atoms with Crippen molar-refractivity contribution in [2.45, 2.75) is 6.18 Å². The topological polar surface area (TPSA) is 53.5 Å². The number of hydrazone groups is 1. The summed E-state index contributed by atoms with van der Waals surface area (Å²) in [5.74, 6) is -0.625. The predicted octanol–water partition coefficient (Wildman–Crippen LogP) is 5.49. The average molecular weight is 422 g/mol. The minimum atomic E-state index is -4.53. The molecule has 138 valence electrons. The van der Waals surface area contributed by atoms with E-state index in [2.05, 4.69) is 15.8 Å². The molecule has 0 heterocycles. The smallest absolute Gasteiger partial charge is 0.300 e. The summed E-state index contributed by atoms with van der Waals surface area (Å²) < 4.78 is 38.9. The summed E-state index contributed by atoms with van der Waals surface area (Å²) in [5.41, 5.74) is 1.26. The first kappa shape index (κ1) is 20.4. The maximum absolute atomic E-state index is 13.0. The van der Waals surface area contributed by atoms with Gasteiger partial charge >= 0.3 is 6.18 Å². The van der Waals surface area contributed by atoms with Crippen LogP contribution in [-0.2, 0) is 6.18 Å². The fourth-order valence-corrected chi connectivity index (χ4v) is 2.84. The van der Waals surface area contributed by atoms with Gasteiger partial charge in [0, 0.05) is 0 Å². The van der Waals surface area contributed by atoms with Crippen molar-refractivity contribution < 1.29 is 18.0 Å². The molecule has 26 heavy (non-hydrogen) atoms. The van der Waals surface area contributed by atoms with Crippen molar-refractivity contribution in [3.8, 4) is 0 Å². The molecule has 2 rings (SSSR count). The van der Waals surface area contributed by atoms with E-state index in [0.717, 1.165) is 17.8 Å². The number of thioether (sulfide) groups is 1. The van der Waals surface area contributed by atoms with Crippen LogP contribution in [0.2, 0.25) is 10.0 Å². The molecule has 0 saturated heterocycles. The first-order chi connectivity index (χ1) is 12.2. The zero-order chi connectivity index (χ0) is 19.3. The van der Waals surface area contributed by atoms with Crippen LogP contribution in [0.3, 0.4) is 0 Å². The van der Waals surface area contributed by atoms with Crippen LogP contribution >= 0.6 is 35.0 Å². The summed E-state index contributed by atoms with van der Waals surface area (Å²) in [5, 5.41) is 6.61. The SMILES string of the molecule is CSC(=NNc1ccccc1C(F)(F)F)NC(=O)c1c(Cl)cccc1Cl. The fraction of sp³-hybridized carbons (Fsp3) is 0.125. The van der Waals surface area contributed by atoms with E-state index in [9.17, 15) is 18.0 Å². The number of alkyl halides is 3. The van der Waals surface area contributed by atoms with Crippen LogP contribution in [0.1, 0.15) is 15.9 Å². The molecule has 0 aliphatic carbocycles. The molecule has 0 spiro atoms. The summed E-state index contributed by atoms with van der Waals surface area (Å²) in [6, 6.07) is 9.45. The molecule has 0 saturated carbocycles. The van der Waals surface area contributed by atoms with Gasteiger partial charge in [0.25, 0.3) is 5.91 Å². The van der Waals surface area contributed by atoms with Gasteiger partial charge in [0.15, 0.2) is 5.17 Å². The van der Waals surface area contributed by atoms with E-state index in [4.69, 9.17) is 23.2 Å². The lowest BCUT2D eigenvalue weighted by Gasteiger charge is -2.13. The third-order valence-electron chi connectivity index (χ3n) is 3.11. The molecule has 10 heteroatoms. The van der Waals surface area contributed by atoms with E-state index >= 15 is 0 Å². The monoisotopic (exact) mass is 421 g/mol. The average Bonchev–Trinajstić information content (AvgIpc) is 2.57. The maximum atomic E-state index is 13.0. The van der Waals surface area contributed by atoms with Crippen molar-refractivity contribution in [2.75, 3.05) is 11.7 Å². The van der Waals surface area contributed by atoms with E-state index in [1.165, 1.54) is 30.3 Å². The van der Waals surface area contributed by atoms with E-state index < -0.39 is 17.6 Å². The minimum Gasteiger partial charge on any atom is -0.300 e. The zero-order valence-electron chi connectivity index (χ0n) is 13.2. The van der Waals surface area contributed by atoms with Gasteiger partial charge in [-0.3, -0.25) is 15.5 Å².